The zero-order valence-corrected chi connectivity index (χ0v) is 11.9. The van der Waals surface area contributed by atoms with Crippen LogP contribution >= 0.6 is 15.9 Å². The van der Waals surface area contributed by atoms with Gasteiger partial charge >= 0.3 is 0 Å². The molecular weight excluding hydrogens is 327 g/mol. The fourth-order valence-corrected chi connectivity index (χ4v) is 1.91. The number of hydrogen-bond acceptors (Lipinski definition) is 3. The molecule has 0 spiro atoms. The van der Waals surface area contributed by atoms with Crippen LogP contribution in [0.25, 0.3) is 0 Å². The zero-order valence-electron chi connectivity index (χ0n) is 10.4. The van der Waals surface area contributed by atoms with Crippen molar-refractivity contribution in [2.75, 3.05) is 5.73 Å². The number of hydrogen-bond donors (Lipinski definition) is 3. The van der Waals surface area contributed by atoms with E-state index in [2.05, 4.69) is 21.2 Å². The summed E-state index contributed by atoms with van der Waals surface area (Å²) in [5.74, 6) is -0.899. The van der Waals surface area contributed by atoms with Crippen LogP contribution in [0.1, 0.15) is 15.9 Å². The molecule has 104 valence electrons. The van der Waals surface area contributed by atoms with Gasteiger partial charge in [0.25, 0.3) is 5.91 Å². The van der Waals surface area contributed by atoms with Gasteiger partial charge in [0.1, 0.15) is 11.6 Å². The second kappa shape index (κ2) is 5.92. The molecule has 2 aromatic rings. The van der Waals surface area contributed by atoms with Crippen LogP contribution in [0.5, 0.6) is 5.75 Å². The van der Waals surface area contributed by atoms with Crippen molar-refractivity contribution in [3.05, 3.63) is 57.8 Å². The highest BCUT2D eigenvalue weighted by Crippen LogP contribution is 2.20. The highest BCUT2D eigenvalue weighted by Gasteiger charge is 2.09. The maximum atomic E-state index is 13.3. The number of amides is 1. The van der Waals surface area contributed by atoms with Crippen LogP contribution in [0.15, 0.2) is 40.9 Å². The molecule has 2 aromatic carbocycles. The predicted octanol–water partition coefficient (Wildman–Crippen LogP) is 2.81. The number of aromatic hydroxyl groups is 1. The maximum absolute atomic E-state index is 13.3. The number of halogens is 2. The Morgan fingerprint density at radius 2 is 2.05 bits per heavy atom. The van der Waals surface area contributed by atoms with Crippen LogP contribution in [0, 0.1) is 5.82 Å². The Morgan fingerprint density at radius 1 is 1.30 bits per heavy atom. The first-order chi connectivity index (χ1) is 9.47. The van der Waals surface area contributed by atoms with E-state index >= 15 is 0 Å². The standard InChI is InChI=1S/C14H12BrFN2O2/c15-11-3-1-8(6-12(11)16)14(20)18-7-9-5-10(17)2-4-13(9)19/h1-6,19H,7,17H2,(H,18,20). The molecule has 0 heterocycles. The number of nitrogens with one attached hydrogen (secondary N) is 1. The van der Waals surface area contributed by atoms with Crippen LogP contribution in [-0.2, 0) is 6.54 Å². The van der Waals surface area contributed by atoms with Gasteiger partial charge in [-0.25, -0.2) is 4.39 Å². The zero-order chi connectivity index (χ0) is 14.7. The van der Waals surface area contributed by atoms with Gasteiger partial charge in [-0.2, -0.15) is 0 Å². The van der Waals surface area contributed by atoms with Crippen molar-refractivity contribution in [2.45, 2.75) is 6.54 Å². The summed E-state index contributed by atoms with van der Waals surface area (Å²) in [5.41, 5.74) is 6.79. The van der Waals surface area contributed by atoms with E-state index in [-0.39, 0.29) is 17.9 Å². The third-order valence-corrected chi connectivity index (χ3v) is 3.37. The molecule has 0 atom stereocenters. The van der Waals surface area contributed by atoms with Crippen molar-refractivity contribution in [3.8, 4) is 5.75 Å². The molecule has 0 aliphatic carbocycles. The third kappa shape index (κ3) is 3.27. The molecule has 0 aliphatic rings. The Kier molecular flexibility index (Phi) is 4.24. The summed E-state index contributed by atoms with van der Waals surface area (Å²) >= 11 is 3.02. The van der Waals surface area contributed by atoms with Gasteiger partial charge in [0.2, 0.25) is 0 Å². The maximum Gasteiger partial charge on any atom is 0.251 e. The van der Waals surface area contributed by atoms with Crippen molar-refractivity contribution in [1.82, 2.24) is 5.32 Å². The molecule has 0 radical (unpaired) electrons. The summed E-state index contributed by atoms with van der Waals surface area (Å²) in [6, 6.07) is 8.68. The Hall–Kier alpha value is -2.08. The molecule has 1 amide bonds. The largest absolute Gasteiger partial charge is 0.508 e. The fourth-order valence-electron chi connectivity index (χ4n) is 1.66. The summed E-state index contributed by atoms with van der Waals surface area (Å²) in [4.78, 5) is 11.9. The lowest BCUT2D eigenvalue weighted by Gasteiger charge is -2.08. The minimum absolute atomic E-state index is 0.0430. The molecule has 0 aromatic heterocycles. The number of phenols is 1. The molecule has 20 heavy (non-hydrogen) atoms. The van der Waals surface area contributed by atoms with Gasteiger partial charge in [0.15, 0.2) is 0 Å². The number of carbonyl (C=O) groups excluding carboxylic acids is 1. The molecule has 6 heteroatoms. The van der Waals surface area contributed by atoms with Gasteiger partial charge in [0.05, 0.1) is 4.47 Å². The van der Waals surface area contributed by atoms with Crippen LogP contribution in [0.3, 0.4) is 0 Å². The van der Waals surface area contributed by atoms with Gasteiger partial charge in [0, 0.05) is 23.4 Å². The first kappa shape index (κ1) is 14.3. The summed E-state index contributed by atoms with van der Waals surface area (Å²) in [6.45, 7) is 0.105. The highest BCUT2D eigenvalue weighted by atomic mass is 79.9. The lowest BCUT2D eigenvalue weighted by molar-refractivity contribution is 0.0950. The topological polar surface area (TPSA) is 75.3 Å². The fraction of sp³-hybridized carbons (Fsp3) is 0.0714. The number of rotatable bonds is 3. The first-order valence-corrected chi connectivity index (χ1v) is 6.57. The Bertz CT molecular complexity index is 662. The van der Waals surface area contributed by atoms with Crippen LogP contribution in [0.4, 0.5) is 10.1 Å². The van der Waals surface area contributed by atoms with E-state index in [1.165, 1.54) is 18.2 Å². The van der Waals surface area contributed by atoms with E-state index in [4.69, 9.17) is 5.73 Å². The average Bonchev–Trinajstić information content (AvgIpc) is 2.42. The quantitative estimate of drug-likeness (QED) is 0.595. The number of phenolic OH excluding ortho intramolecular Hbond substituents is 1. The molecule has 2 rings (SSSR count). The molecule has 4 N–H and O–H groups in total. The molecule has 0 aliphatic heterocycles. The van der Waals surface area contributed by atoms with Gasteiger partial charge in [-0.3, -0.25) is 4.79 Å². The summed E-state index contributed by atoms with van der Waals surface area (Å²) in [6.07, 6.45) is 0. The summed E-state index contributed by atoms with van der Waals surface area (Å²) in [5, 5.41) is 12.2. The van der Waals surface area contributed by atoms with E-state index in [0.29, 0.717) is 15.7 Å². The molecule has 0 bridgehead atoms. The van der Waals surface area contributed by atoms with Crippen molar-refractivity contribution in [1.29, 1.82) is 0 Å². The van der Waals surface area contributed by atoms with E-state index in [9.17, 15) is 14.3 Å². The molecule has 0 saturated carbocycles. The Balaban J connectivity index is 2.08. The second-order valence-electron chi connectivity index (χ2n) is 4.20. The lowest BCUT2D eigenvalue weighted by Crippen LogP contribution is -2.23. The van der Waals surface area contributed by atoms with Crippen molar-refractivity contribution < 1.29 is 14.3 Å². The Morgan fingerprint density at radius 3 is 2.75 bits per heavy atom. The van der Waals surface area contributed by atoms with Crippen LogP contribution in [0.2, 0.25) is 0 Å². The minimum atomic E-state index is -0.510. The normalized spacial score (nSPS) is 10.3. The number of carbonyl (C=O) groups is 1. The average molecular weight is 339 g/mol. The number of nitrogen functional groups attached to an aromatic ring is 1. The van der Waals surface area contributed by atoms with Gasteiger partial charge < -0.3 is 16.2 Å². The first-order valence-electron chi connectivity index (χ1n) is 5.78. The summed E-state index contributed by atoms with van der Waals surface area (Å²) in [7, 11) is 0. The monoisotopic (exact) mass is 338 g/mol. The lowest BCUT2D eigenvalue weighted by atomic mass is 10.1. The van der Waals surface area contributed by atoms with Crippen LogP contribution < -0.4 is 11.1 Å². The molecule has 0 unspecified atom stereocenters. The van der Waals surface area contributed by atoms with Crippen molar-refractivity contribution in [2.24, 2.45) is 0 Å². The van der Waals surface area contributed by atoms with Gasteiger partial charge in [-0.05, 0) is 52.3 Å². The number of nitrogens with two attached hydrogens (primary N) is 1. The smallest absolute Gasteiger partial charge is 0.251 e. The molecule has 4 nitrogen and oxygen atoms in total. The third-order valence-electron chi connectivity index (χ3n) is 2.72. The predicted molar refractivity (Wildman–Crippen MR) is 77.8 cm³/mol. The molecule has 0 fully saturated rings. The summed E-state index contributed by atoms with van der Waals surface area (Å²) < 4.78 is 13.6. The van der Waals surface area contributed by atoms with Gasteiger partial charge in [-0.15, -0.1) is 0 Å². The van der Waals surface area contributed by atoms with Crippen molar-refractivity contribution >= 4 is 27.5 Å². The minimum Gasteiger partial charge on any atom is -0.508 e. The SMILES string of the molecule is Nc1ccc(O)c(CNC(=O)c2ccc(Br)c(F)c2)c1. The molecular formula is C14H12BrFN2O2. The van der Waals surface area contributed by atoms with E-state index in [1.807, 2.05) is 0 Å². The van der Waals surface area contributed by atoms with Gasteiger partial charge in [-0.1, -0.05) is 0 Å². The van der Waals surface area contributed by atoms with E-state index in [1.54, 1.807) is 12.1 Å². The van der Waals surface area contributed by atoms with E-state index in [0.717, 1.165) is 6.07 Å². The number of anilines is 1. The molecule has 0 saturated heterocycles. The van der Waals surface area contributed by atoms with Crippen LogP contribution in [-0.4, -0.2) is 11.0 Å². The van der Waals surface area contributed by atoms with E-state index < -0.39 is 11.7 Å². The second-order valence-corrected chi connectivity index (χ2v) is 5.05. The number of benzene rings is 2. The van der Waals surface area contributed by atoms with Crippen molar-refractivity contribution in [3.63, 3.8) is 0 Å². The highest BCUT2D eigenvalue weighted by molar-refractivity contribution is 9.10. The Labute approximate surface area is 123 Å².